The van der Waals surface area contributed by atoms with Crippen molar-refractivity contribution in [3.63, 3.8) is 0 Å². The number of aliphatic hydroxyl groups is 1. The summed E-state index contributed by atoms with van der Waals surface area (Å²) in [6.45, 7) is 6.51. The molecule has 0 bridgehead atoms. The van der Waals surface area contributed by atoms with Crippen molar-refractivity contribution in [2.75, 3.05) is 6.61 Å². The first-order valence-corrected chi connectivity index (χ1v) is 10.6. The number of carbonyl (C=O) groups excluding carboxylic acids is 1. The van der Waals surface area contributed by atoms with E-state index in [9.17, 15) is 24.2 Å². The predicted octanol–water partition coefficient (Wildman–Crippen LogP) is 4.79. The van der Waals surface area contributed by atoms with Gasteiger partial charge in [0.25, 0.3) is 0 Å². The van der Waals surface area contributed by atoms with Gasteiger partial charge in [-0.3, -0.25) is 4.79 Å². The number of hydrogen-bond donors (Lipinski definition) is 3. The molecule has 2 atom stereocenters. The highest BCUT2D eigenvalue weighted by Crippen LogP contribution is 2.30. The van der Waals surface area contributed by atoms with Crippen molar-refractivity contribution in [1.29, 1.82) is 0 Å². The van der Waals surface area contributed by atoms with E-state index in [1.165, 1.54) is 6.07 Å². The molecule has 0 aromatic heterocycles. The van der Waals surface area contributed by atoms with Gasteiger partial charge in [0.1, 0.15) is 11.4 Å². The number of carbonyl (C=O) groups is 2. The van der Waals surface area contributed by atoms with Gasteiger partial charge >= 0.3 is 12.1 Å². The summed E-state index contributed by atoms with van der Waals surface area (Å²) < 4.78 is 19.4. The van der Waals surface area contributed by atoms with Gasteiger partial charge in [-0.15, -0.1) is 0 Å². The summed E-state index contributed by atoms with van der Waals surface area (Å²) in [6.07, 6.45) is -0.120. The summed E-state index contributed by atoms with van der Waals surface area (Å²) in [5.74, 6) is -1.36. The van der Waals surface area contributed by atoms with Crippen LogP contribution >= 0.6 is 0 Å². The highest BCUT2D eigenvalue weighted by molar-refractivity contribution is 5.74. The molecule has 174 valence electrons. The van der Waals surface area contributed by atoms with E-state index in [1.54, 1.807) is 58.0 Å². The third-order valence-corrected chi connectivity index (χ3v) is 5.22. The van der Waals surface area contributed by atoms with E-state index in [0.29, 0.717) is 12.0 Å². The van der Waals surface area contributed by atoms with Gasteiger partial charge in [0, 0.05) is 18.2 Å². The van der Waals surface area contributed by atoms with Crippen molar-refractivity contribution >= 4 is 12.1 Å². The van der Waals surface area contributed by atoms with E-state index in [-0.39, 0.29) is 25.3 Å². The molecule has 1 amide bonds. The van der Waals surface area contributed by atoms with Crippen LogP contribution in [0.15, 0.2) is 48.5 Å². The Morgan fingerprint density at radius 1 is 1.06 bits per heavy atom. The first kappa shape index (κ1) is 25.3. The molecule has 0 heterocycles. The third kappa shape index (κ3) is 7.34. The minimum Gasteiger partial charge on any atom is -0.481 e. The van der Waals surface area contributed by atoms with Crippen molar-refractivity contribution in [3.05, 3.63) is 59.9 Å². The van der Waals surface area contributed by atoms with E-state index in [4.69, 9.17) is 4.74 Å². The Morgan fingerprint density at radius 3 is 2.22 bits per heavy atom. The molecular formula is C25H32FNO5. The van der Waals surface area contributed by atoms with Crippen molar-refractivity contribution in [1.82, 2.24) is 5.32 Å². The molecule has 0 fully saturated rings. The molecule has 2 rings (SSSR count). The van der Waals surface area contributed by atoms with Crippen LogP contribution in [-0.4, -0.2) is 40.5 Å². The number of halogens is 1. The maximum atomic E-state index is 14.1. The molecule has 0 radical (unpaired) electrons. The zero-order valence-electron chi connectivity index (χ0n) is 19.0. The lowest BCUT2D eigenvalue weighted by atomic mass is 9.79. The minimum atomic E-state index is -1.22. The molecule has 3 N–H and O–H groups in total. The molecule has 1 unspecified atom stereocenters. The Labute approximate surface area is 188 Å². The van der Waals surface area contributed by atoms with Gasteiger partial charge in [0.2, 0.25) is 0 Å². The number of benzene rings is 2. The number of hydrogen-bond acceptors (Lipinski definition) is 4. The average molecular weight is 446 g/mol. The Bertz CT molecular complexity index is 923. The van der Waals surface area contributed by atoms with Crippen LogP contribution in [0.25, 0.3) is 11.1 Å². The summed E-state index contributed by atoms with van der Waals surface area (Å²) in [5, 5.41) is 21.8. The molecule has 0 saturated heterocycles. The summed E-state index contributed by atoms with van der Waals surface area (Å²) in [6, 6.07) is 13.2. The molecule has 32 heavy (non-hydrogen) atoms. The van der Waals surface area contributed by atoms with Crippen molar-refractivity contribution in [2.45, 2.75) is 58.6 Å². The number of rotatable bonds is 9. The largest absolute Gasteiger partial charge is 0.481 e. The van der Waals surface area contributed by atoms with E-state index in [0.717, 1.165) is 11.1 Å². The number of carboxylic acids is 1. The fourth-order valence-corrected chi connectivity index (χ4v) is 3.54. The van der Waals surface area contributed by atoms with E-state index < -0.39 is 29.1 Å². The van der Waals surface area contributed by atoms with Gasteiger partial charge in [-0.2, -0.15) is 0 Å². The maximum absolute atomic E-state index is 14.1. The van der Waals surface area contributed by atoms with Gasteiger partial charge in [-0.05, 0) is 64.2 Å². The van der Waals surface area contributed by atoms with Gasteiger partial charge in [0.15, 0.2) is 0 Å². The Morgan fingerprint density at radius 2 is 1.69 bits per heavy atom. The van der Waals surface area contributed by atoms with E-state index >= 15 is 0 Å². The van der Waals surface area contributed by atoms with Crippen LogP contribution in [0.1, 0.15) is 46.1 Å². The first-order valence-electron chi connectivity index (χ1n) is 10.6. The number of alkyl carbamates (subject to hydrolysis) is 1. The van der Waals surface area contributed by atoms with Gasteiger partial charge in [0.05, 0.1) is 5.41 Å². The molecule has 0 spiro atoms. The second kappa shape index (κ2) is 10.6. The van der Waals surface area contributed by atoms with Crippen LogP contribution < -0.4 is 5.32 Å². The van der Waals surface area contributed by atoms with Crippen molar-refractivity contribution in [2.24, 2.45) is 5.41 Å². The zero-order valence-corrected chi connectivity index (χ0v) is 19.0. The highest BCUT2D eigenvalue weighted by Gasteiger charge is 2.36. The number of aliphatic hydroxyl groups excluding tert-OH is 1. The normalized spacial score (nSPS) is 14.3. The Balaban J connectivity index is 2.24. The summed E-state index contributed by atoms with van der Waals surface area (Å²) >= 11 is 0. The highest BCUT2D eigenvalue weighted by atomic mass is 19.1. The predicted molar refractivity (Wildman–Crippen MR) is 121 cm³/mol. The topological polar surface area (TPSA) is 95.9 Å². The third-order valence-electron chi connectivity index (χ3n) is 5.22. The lowest BCUT2D eigenvalue weighted by Crippen LogP contribution is -2.44. The average Bonchev–Trinajstić information content (AvgIpc) is 2.67. The van der Waals surface area contributed by atoms with Crippen molar-refractivity contribution in [3.8, 4) is 11.1 Å². The second-order valence-corrected chi connectivity index (χ2v) is 9.27. The Hall–Kier alpha value is -2.93. The molecule has 0 aliphatic carbocycles. The molecule has 7 heteroatoms. The summed E-state index contributed by atoms with van der Waals surface area (Å²) in [7, 11) is 0. The van der Waals surface area contributed by atoms with Crippen LogP contribution in [0, 0.1) is 11.2 Å². The molecule has 2 aromatic carbocycles. The molecule has 6 nitrogen and oxygen atoms in total. The lowest BCUT2D eigenvalue weighted by molar-refractivity contribution is -0.149. The molecule has 0 saturated carbocycles. The number of amides is 1. The van der Waals surface area contributed by atoms with E-state index in [2.05, 4.69) is 5.32 Å². The number of carboxylic acid groups (broad SMARTS) is 1. The second-order valence-electron chi connectivity index (χ2n) is 9.27. The Kier molecular flexibility index (Phi) is 8.38. The van der Waals surface area contributed by atoms with Crippen LogP contribution in [-0.2, 0) is 16.0 Å². The van der Waals surface area contributed by atoms with Gasteiger partial charge < -0.3 is 20.3 Å². The molecular weight excluding hydrogens is 413 g/mol. The van der Waals surface area contributed by atoms with Crippen LogP contribution in [0.5, 0.6) is 0 Å². The minimum absolute atomic E-state index is 0.0566. The van der Waals surface area contributed by atoms with Crippen LogP contribution in [0.3, 0.4) is 0 Å². The number of aliphatic carboxylic acids is 1. The SMILES string of the molecule is CC(C)(C)OC(=O)N[C@H](Cc1ccc(-c2ccccc2F)cc1)CC(C)(CCO)C(=O)O. The first-order chi connectivity index (χ1) is 14.9. The smallest absolute Gasteiger partial charge is 0.407 e. The fraction of sp³-hybridized carbons (Fsp3) is 0.440. The van der Waals surface area contributed by atoms with Crippen LogP contribution in [0.2, 0.25) is 0 Å². The van der Waals surface area contributed by atoms with E-state index in [1.807, 2.05) is 12.1 Å². The summed E-state index contributed by atoms with van der Waals surface area (Å²) in [5.41, 5.74) is 0.143. The summed E-state index contributed by atoms with van der Waals surface area (Å²) in [4.78, 5) is 24.2. The zero-order chi connectivity index (χ0) is 23.9. The molecule has 0 aliphatic rings. The maximum Gasteiger partial charge on any atom is 0.407 e. The number of ether oxygens (including phenoxy) is 1. The quantitative estimate of drug-likeness (QED) is 0.516. The van der Waals surface area contributed by atoms with Crippen LogP contribution in [0.4, 0.5) is 9.18 Å². The van der Waals surface area contributed by atoms with Gasteiger partial charge in [-0.1, -0.05) is 42.5 Å². The van der Waals surface area contributed by atoms with Crippen molar-refractivity contribution < 1.29 is 28.9 Å². The lowest BCUT2D eigenvalue weighted by Gasteiger charge is -2.30. The standard InChI is InChI=1S/C25H32FNO5/c1-24(2,3)32-23(31)27-19(16-25(4,13-14-28)22(29)30)15-17-9-11-18(12-10-17)20-7-5-6-8-21(20)26/h5-12,19,28H,13-16H2,1-4H3,(H,27,31)(H,29,30)/t19-,25?/m1/s1. The molecule has 0 aliphatic heterocycles. The number of nitrogens with one attached hydrogen (secondary N) is 1. The monoisotopic (exact) mass is 445 g/mol. The molecule has 2 aromatic rings. The fourth-order valence-electron chi connectivity index (χ4n) is 3.54. The van der Waals surface area contributed by atoms with Gasteiger partial charge in [-0.25, -0.2) is 9.18 Å².